The molecule has 1 aliphatic rings. The second kappa shape index (κ2) is 12.7. The number of nitrogens with zero attached hydrogens (tertiary/aromatic N) is 3. The summed E-state index contributed by atoms with van der Waals surface area (Å²) in [6.07, 6.45) is 3.33. The van der Waals surface area contributed by atoms with Crippen LogP contribution < -0.4 is 0 Å². The van der Waals surface area contributed by atoms with Gasteiger partial charge in [-0.2, -0.15) is 0 Å². The molecule has 1 aliphatic heterocycles. The number of methoxy groups -OCH3 is 1. The molecule has 10 heteroatoms. The number of hydrogen-bond donors (Lipinski definition) is 0. The first-order valence-corrected chi connectivity index (χ1v) is 11.0. The Morgan fingerprint density at radius 1 is 1.24 bits per heavy atom. The highest BCUT2D eigenvalue weighted by Crippen LogP contribution is 2.40. The summed E-state index contributed by atoms with van der Waals surface area (Å²) in [6.45, 7) is 4.17. The van der Waals surface area contributed by atoms with E-state index in [4.69, 9.17) is 9.47 Å². The SMILES string of the molecule is COC(=O)C1C(C)=NC(C)=C(C(=O)OCCCCCCN=C=S)C1c1cccc([N+](=O)[O-])c1. The van der Waals surface area contributed by atoms with Crippen molar-refractivity contribution in [3.63, 3.8) is 0 Å². The van der Waals surface area contributed by atoms with Gasteiger partial charge in [0.15, 0.2) is 0 Å². The topological polar surface area (TPSA) is 120 Å². The smallest absolute Gasteiger partial charge is 0.336 e. The summed E-state index contributed by atoms with van der Waals surface area (Å²) in [6, 6.07) is 5.89. The number of unbranched alkanes of at least 4 members (excludes halogenated alkanes) is 3. The molecule has 0 aromatic heterocycles. The summed E-state index contributed by atoms with van der Waals surface area (Å²) < 4.78 is 10.5. The first-order chi connectivity index (χ1) is 15.8. The maximum absolute atomic E-state index is 13.1. The Balaban J connectivity index is 2.26. The zero-order valence-electron chi connectivity index (χ0n) is 18.9. The van der Waals surface area contributed by atoms with Gasteiger partial charge in [-0.3, -0.25) is 19.9 Å². The summed E-state index contributed by atoms with van der Waals surface area (Å²) in [5.41, 5.74) is 1.38. The average Bonchev–Trinajstić information content (AvgIpc) is 2.79. The Morgan fingerprint density at radius 3 is 2.64 bits per heavy atom. The van der Waals surface area contributed by atoms with E-state index in [2.05, 4.69) is 27.4 Å². The predicted molar refractivity (Wildman–Crippen MR) is 126 cm³/mol. The summed E-state index contributed by atoms with van der Waals surface area (Å²) in [5.74, 6) is -2.89. The van der Waals surface area contributed by atoms with Gasteiger partial charge in [0.1, 0.15) is 5.92 Å². The Hall–Kier alpha value is -3.23. The normalized spacial score (nSPS) is 17.6. The summed E-state index contributed by atoms with van der Waals surface area (Å²) >= 11 is 4.53. The Bertz CT molecular complexity index is 1010. The molecule has 0 saturated carbocycles. The lowest BCUT2D eigenvalue weighted by atomic mass is 9.75. The van der Waals surface area contributed by atoms with Gasteiger partial charge in [-0.25, -0.2) is 9.79 Å². The van der Waals surface area contributed by atoms with E-state index < -0.39 is 28.7 Å². The van der Waals surface area contributed by atoms with Crippen molar-refractivity contribution in [1.29, 1.82) is 0 Å². The van der Waals surface area contributed by atoms with Crippen LogP contribution in [-0.2, 0) is 19.1 Å². The van der Waals surface area contributed by atoms with Crippen LogP contribution in [0.2, 0.25) is 0 Å². The number of nitro groups is 1. The van der Waals surface area contributed by atoms with E-state index in [0.29, 0.717) is 29.9 Å². The number of hydrogen-bond acceptors (Lipinski definition) is 9. The van der Waals surface area contributed by atoms with Crippen molar-refractivity contribution in [2.45, 2.75) is 45.4 Å². The number of allylic oxidation sites excluding steroid dienone is 1. The molecule has 1 heterocycles. The molecule has 0 saturated heterocycles. The van der Waals surface area contributed by atoms with Crippen molar-refractivity contribution in [3.05, 3.63) is 51.2 Å². The molecule has 33 heavy (non-hydrogen) atoms. The molecule has 176 valence electrons. The van der Waals surface area contributed by atoms with Crippen molar-refractivity contribution < 1.29 is 24.0 Å². The van der Waals surface area contributed by atoms with Crippen LogP contribution in [-0.4, -0.2) is 48.0 Å². The van der Waals surface area contributed by atoms with Crippen molar-refractivity contribution in [2.24, 2.45) is 15.9 Å². The molecule has 2 unspecified atom stereocenters. The number of thiocarbonyl (C=S) groups is 1. The first-order valence-electron chi connectivity index (χ1n) is 10.6. The lowest BCUT2D eigenvalue weighted by Crippen LogP contribution is -2.36. The third-order valence-corrected chi connectivity index (χ3v) is 5.53. The third kappa shape index (κ3) is 6.87. The lowest BCUT2D eigenvalue weighted by molar-refractivity contribution is -0.384. The average molecular weight is 474 g/mol. The third-order valence-electron chi connectivity index (χ3n) is 5.41. The van der Waals surface area contributed by atoms with E-state index in [1.54, 1.807) is 19.9 Å². The molecular formula is C23H27N3O6S. The Morgan fingerprint density at radius 2 is 1.97 bits per heavy atom. The molecule has 1 aromatic rings. The Kier molecular flexibility index (Phi) is 10.0. The molecular weight excluding hydrogens is 446 g/mol. The second-order valence-corrected chi connectivity index (χ2v) is 7.79. The monoisotopic (exact) mass is 473 g/mol. The minimum atomic E-state index is -0.898. The number of benzene rings is 1. The largest absolute Gasteiger partial charge is 0.468 e. The van der Waals surface area contributed by atoms with E-state index in [1.807, 2.05) is 0 Å². The van der Waals surface area contributed by atoms with Gasteiger partial charge in [-0.1, -0.05) is 18.6 Å². The molecule has 0 spiro atoms. The standard InChI is InChI=1S/C23H27N3O6S/c1-15-19(22(27)31-3)21(17-9-8-10-18(13-17)26(29)30)20(16(2)25-15)23(28)32-12-7-5-4-6-11-24-14-33/h8-10,13,19,21H,4-7,11-12H2,1-3H3. The molecule has 0 radical (unpaired) electrons. The van der Waals surface area contributed by atoms with Gasteiger partial charge in [0.25, 0.3) is 5.69 Å². The Labute approximate surface area is 197 Å². The van der Waals surface area contributed by atoms with Gasteiger partial charge in [0, 0.05) is 36.0 Å². The fourth-order valence-electron chi connectivity index (χ4n) is 3.86. The van der Waals surface area contributed by atoms with Gasteiger partial charge in [-0.15, -0.1) is 0 Å². The molecule has 0 fully saturated rings. The van der Waals surface area contributed by atoms with E-state index in [9.17, 15) is 19.7 Å². The highest BCUT2D eigenvalue weighted by molar-refractivity contribution is 7.78. The van der Waals surface area contributed by atoms with Crippen molar-refractivity contribution >= 4 is 40.7 Å². The number of nitro benzene ring substituents is 1. The van der Waals surface area contributed by atoms with Crippen LogP contribution in [0.15, 0.2) is 45.5 Å². The lowest BCUT2D eigenvalue weighted by Gasteiger charge is -2.31. The predicted octanol–water partition coefficient (Wildman–Crippen LogP) is 4.42. The van der Waals surface area contributed by atoms with E-state index in [1.165, 1.54) is 25.3 Å². The molecule has 1 aromatic carbocycles. The zero-order chi connectivity index (χ0) is 24.4. The minimum absolute atomic E-state index is 0.139. The minimum Gasteiger partial charge on any atom is -0.468 e. The summed E-state index contributed by atoms with van der Waals surface area (Å²) in [4.78, 5) is 44.7. The second-order valence-electron chi connectivity index (χ2n) is 7.61. The zero-order valence-corrected chi connectivity index (χ0v) is 19.7. The van der Waals surface area contributed by atoms with Gasteiger partial charge in [-0.05, 0) is 50.9 Å². The molecule has 2 rings (SSSR count). The molecule has 9 nitrogen and oxygen atoms in total. The van der Waals surface area contributed by atoms with Crippen LogP contribution in [0.3, 0.4) is 0 Å². The molecule has 0 aliphatic carbocycles. The van der Waals surface area contributed by atoms with Crippen molar-refractivity contribution in [3.8, 4) is 0 Å². The van der Waals surface area contributed by atoms with Gasteiger partial charge >= 0.3 is 11.9 Å². The summed E-state index contributed by atoms with van der Waals surface area (Å²) in [7, 11) is 1.25. The number of aliphatic imine (C=N–C) groups is 2. The van der Waals surface area contributed by atoms with Crippen LogP contribution in [0.1, 0.15) is 51.0 Å². The van der Waals surface area contributed by atoms with Crippen molar-refractivity contribution in [2.75, 3.05) is 20.3 Å². The first kappa shape index (κ1) is 26.0. The molecule has 0 N–H and O–H groups in total. The number of isothiocyanates is 1. The number of esters is 2. The van der Waals surface area contributed by atoms with Crippen LogP contribution in [0.5, 0.6) is 0 Å². The number of non-ortho nitro benzene ring substituents is 1. The van der Waals surface area contributed by atoms with Gasteiger partial charge in [0.05, 0.1) is 29.4 Å². The fourth-order valence-corrected chi connectivity index (χ4v) is 3.95. The van der Waals surface area contributed by atoms with Crippen LogP contribution in [0, 0.1) is 16.0 Å². The number of ether oxygens (including phenoxy) is 2. The molecule has 0 bridgehead atoms. The number of carbonyl (C=O) groups is 2. The van der Waals surface area contributed by atoms with E-state index in [-0.39, 0.29) is 17.9 Å². The maximum atomic E-state index is 13.1. The van der Waals surface area contributed by atoms with Gasteiger partial charge < -0.3 is 9.47 Å². The molecule has 0 amide bonds. The summed E-state index contributed by atoms with van der Waals surface area (Å²) in [5, 5.41) is 13.6. The van der Waals surface area contributed by atoms with Crippen LogP contribution in [0.25, 0.3) is 0 Å². The van der Waals surface area contributed by atoms with Crippen molar-refractivity contribution in [1.82, 2.24) is 0 Å². The van der Waals surface area contributed by atoms with Gasteiger partial charge in [0.2, 0.25) is 0 Å². The van der Waals surface area contributed by atoms with E-state index in [0.717, 1.165) is 19.3 Å². The van der Waals surface area contributed by atoms with Crippen LogP contribution >= 0.6 is 12.2 Å². The molecule has 2 atom stereocenters. The number of rotatable bonds is 11. The number of carbonyl (C=O) groups excluding carboxylic acids is 2. The van der Waals surface area contributed by atoms with E-state index >= 15 is 0 Å². The maximum Gasteiger partial charge on any atom is 0.336 e. The quantitative estimate of drug-likeness (QED) is 0.116. The van der Waals surface area contributed by atoms with Crippen LogP contribution in [0.4, 0.5) is 5.69 Å². The highest BCUT2D eigenvalue weighted by atomic mass is 32.1. The fraction of sp³-hybridized carbons (Fsp3) is 0.478. The highest BCUT2D eigenvalue weighted by Gasteiger charge is 2.42.